The molecule has 1 saturated heterocycles. The maximum atomic E-state index is 13.0. The van der Waals surface area contributed by atoms with E-state index < -0.39 is 0 Å². The van der Waals surface area contributed by atoms with Crippen molar-refractivity contribution < 1.29 is 9.59 Å². The number of likely N-dealkylation sites (tertiary alicyclic amines) is 1. The fourth-order valence-corrected chi connectivity index (χ4v) is 5.48. The summed E-state index contributed by atoms with van der Waals surface area (Å²) in [5.74, 6) is 0.683. The number of aromatic amines is 1. The Labute approximate surface area is 172 Å². The summed E-state index contributed by atoms with van der Waals surface area (Å²) in [5.41, 5.74) is 5.14. The molecule has 6 heteroatoms. The van der Waals surface area contributed by atoms with E-state index >= 15 is 0 Å². The first kappa shape index (κ1) is 18.9. The van der Waals surface area contributed by atoms with Gasteiger partial charge in [0.1, 0.15) is 0 Å². The van der Waals surface area contributed by atoms with Crippen LogP contribution in [0.5, 0.6) is 0 Å². The normalized spacial score (nSPS) is 23.2. The number of aromatic nitrogens is 2. The topological polar surface area (TPSA) is 78.1 Å². The third-order valence-electron chi connectivity index (χ3n) is 7.79. The molecule has 4 aliphatic rings. The van der Waals surface area contributed by atoms with Crippen LogP contribution >= 0.6 is 0 Å². The van der Waals surface area contributed by atoms with Gasteiger partial charge < -0.3 is 10.2 Å². The van der Waals surface area contributed by atoms with Gasteiger partial charge >= 0.3 is 0 Å². The smallest absolute Gasteiger partial charge is 0.272 e. The predicted octanol–water partition coefficient (Wildman–Crippen LogP) is 3.29. The number of carbonyl (C=O) groups excluding carboxylic acids is 2. The first-order valence-corrected chi connectivity index (χ1v) is 11.4. The van der Waals surface area contributed by atoms with Crippen LogP contribution in [0.3, 0.4) is 0 Å². The molecule has 2 saturated carbocycles. The molecule has 1 aromatic heterocycles. The lowest BCUT2D eigenvalue weighted by Gasteiger charge is -2.37. The number of hydrogen-bond donors (Lipinski definition) is 2. The summed E-state index contributed by atoms with van der Waals surface area (Å²) in [6.07, 6.45) is 11.7. The summed E-state index contributed by atoms with van der Waals surface area (Å²) >= 11 is 0. The minimum absolute atomic E-state index is 0.00836. The zero-order chi connectivity index (χ0) is 20.0. The summed E-state index contributed by atoms with van der Waals surface area (Å²) < 4.78 is 0. The Hall–Kier alpha value is -2.11. The molecule has 2 amide bonds. The minimum atomic E-state index is -0.0752. The molecule has 3 fully saturated rings. The van der Waals surface area contributed by atoms with Crippen molar-refractivity contribution in [3.05, 3.63) is 28.1 Å². The van der Waals surface area contributed by atoms with E-state index in [2.05, 4.69) is 15.5 Å². The number of allylic oxidation sites excluding steroid dienone is 1. The fraction of sp³-hybridized carbons (Fsp3) is 0.696. The van der Waals surface area contributed by atoms with Gasteiger partial charge in [-0.1, -0.05) is 5.57 Å². The van der Waals surface area contributed by atoms with Crippen molar-refractivity contribution in [2.45, 2.75) is 83.1 Å². The van der Waals surface area contributed by atoms with Gasteiger partial charge in [-0.15, -0.1) is 0 Å². The summed E-state index contributed by atoms with van der Waals surface area (Å²) in [7, 11) is 0. The maximum Gasteiger partial charge on any atom is 0.272 e. The summed E-state index contributed by atoms with van der Waals surface area (Å²) in [6, 6.07) is 0. The van der Waals surface area contributed by atoms with Crippen LogP contribution in [-0.2, 0) is 17.6 Å². The number of rotatable bonds is 4. The number of aryl methyl sites for hydroxylation is 1. The van der Waals surface area contributed by atoms with E-state index in [1.165, 1.54) is 18.4 Å². The number of fused-ring (bicyclic) bond motifs is 1. The van der Waals surface area contributed by atoms with Crippen molar-refractivity contribution in [3.8, 4) is 0 Å². The number of piperidine rings is 1. The van der Waals surface area contributed by atoms with Gasteiger partial charge in [0.05, 0.1) is 0 Å². The van der Waals surface area contributed by atoms with Gasteiger partial charge in [0.15, 0.2) is 5.69 Å². The second-order valence-corrected chi connectivity index (χ2v) is 9.50. The Morgan fingerprint density at radius 2 is 1.79 bits per heavy atom. The average molecular weight is 397 g/mol. The molecule has 0 atom stereocenters. The molecule has 0 aromatic carbocycles. The van der Waals surface area contributed by atoms with Gasteiger partial charge in [0.25, 0.3) is 5.91 Å². The zero-order valence-corrected chi connectivity index (χ0v) is 17.5. The molecule has 0 unspecified atom stereocenters. The van der Waals surface area contributed by atoms with Gasteiger partial charge in [0, 0.05) is 35.5 Å². The molecule has 29 heavy (non-hydrogen) atoms. The molecule has 1 aliphatic heterocycles. The third-order valence-corrected chi connectivity index (χ3v) is 7.79. The minimum Gasteiger partial charge on any atom is -0.345 e. The van der Waals surface area contributed by atoms with Crippen molar-refractivity contribution >= 4 is 11.8 Å². The third kappa shape index (κ3) is 3.40. The highest BCUT2D eigenvalue weighted by Crippen LogP contribution is 2.47. The number of nitrogens with zero attached hydrogens (tertiary/aromatic N) is 2. The standard InChI is InChI=1S/C23H32N4O2/c1-15(16-5-4-6-16)22(29)27-13-9-17(10-14-27)23(11-12-23)24-21(28)20-18-7-2-3-8-19(18)25-26-20/h17H,2-14H2,1H3,(H,24,28)(H,25,26). The average Bonchev–Trinajstić information content (AvgIpc) is 3.35. The fourth-order valence-electron chi connectivity index (χ4n) is 5.48. The van der Waals surface area contributed by atoms with E-state index in [0.717, 1.165) is 87.7 Å². The van der Waals surface area contributed by atoms with Gasteiger partial charge in [-0.25, -0.2) is 0 Å². The first-order chi connectivity index (χ1) is 14.1. The lowest BCUT2D eigenvalue weighted by atomic mass is 9.85. The van der Waals surface area contributed by atoms with Crippen LogP contribution < -0.4 is 5.32 Å². The first-order valence-electron chi connectivity index (χ1n) is 11.4. The number of H-pyrrole nitrogens is 1. The highest BCUT2D eigenvalue weighted by molar-refractivity contribution is 5.95. The molecule has 0 radical (unpaired) electrons. The lowest BCUT2D eigenvalue weighted by Crippen LogP contribution is -2.48. The van der Waals surface area contributed by atoms with E-state index in [4.69, 9.17) is 0 Å². The molecule has 2 heterocycles. The van der Waals surface area contributed by atoms with Crippen molar-refractivity contribution in [1.82, 2.24) is 20.4 Å². The zero-order valence-electron chi connectivity index (χ0n) is 17.5. The van der Waals surface area contributed by atoms with Gasteiger partial charge in [-0.2, -0.15) is 5.10 Å². The van der Waals surface area contributed by atoms with Crippen LogP contribution in [0.4, 0.5) is 0 Å². The number of amides is 2. The Morgan fingerprint density at radius 3 is 2.45 bits per heavy atom. The van der Waals surface area contributed by atoms with E-state index in [9.17, 15) is 9.59 Å². The van der Waals surface area contributed by atoms with Gasteiger partial charge in [-0.05, 0) is 83.5 Å². The molecule has 6 nitrogen and oxygen atoms in total. The van der Waals surface area contributed by atoms with Crippen molar-refractivity contribution in [3.63, 3.8) is 0 Å². The molecule has 156 valence electrons. The molecule has 1 aromatic rings. The molecule has 2 N–H and O–H groups in total. The van der Waals surface area contributed by atoms with Crippen LogP contribution in [-0.4, -0.2) is 45.5 Å². The van der Waals surface area contributed by atoms with E-state index in [1.54, 1.807) is 0 Å². The predicted molar refractivity (Wildman–Crippen MR) is 111 cm³/mol. The van der Waals surface area contributed by atoms with Crippen molar-refractivity contribution in [2.75, 3.05) is 13.1 Å². The molecule has 3 aliphatic carbocycles. The summed E-state index contributed by atoms with van der Waals surface area (Å²) in [5, 5.41) is 10.8. The Bertz CT molecular complexity index is 850. The highest BCUT2D eigenvalue weighted by Gasteiger charge is 2.51. The van der Waals surface area contributed by atoms with Crippen LogP contribution in [0.1, 0.15) is 86.5 Å². The number of hydrogen-bond acceptors (Lipinski definition) is 3. The SMILES string of the molecule is CC(C(=O)N1CCC(C2(NC(=O)c3n[nH]c4c3CCCC4)CC2)CC1)=C1CCC1. The van der Waals surface area contributed by atoms with Crippen LogP contribution in [0.25, 0.3) is 0 Å². The van der Waals surface area contributed by atoms with E-state index in [0.29, 0.717) is 11.6 Å². The largest absolute Gasteiger partial charge is 0.345 e. The second-order valence-electron chi connectivity index (χ2n) is 9.50. The quantitative estimate of drug-likeness (QED) is 0.767. The number of nitrogens with one attached hydrogen (secondary N) is 2. The van der Waals surface area contributed by atoms with E-state index in [-0.39, 0.29) is 17.4 Å². The highest BCUT2D eigenvalue weighted by atomic mass is 16.2. The van der Waals surface area contributed by atoms with Gasteiger partial charge in [0.2, 0.25) is 5.91 Å². The molecule has 0 bridgehead atoms. The molecule has 0 spiro atoms. The molecule has 5 rings (SSSR count). The van der Waals surface area contributed by atoms with Crippen molar-refractivity contribution in [1.29, 1.82) is 0 Å². The van der Waals surface area contributed by atoms with E-state index in [1.807, 2.05) is 11.8 Å². The van der Waals surface area contributed by atoms with Crippen LogP contribution in [0, 0.1) is 5.92 Å². The second kappa shape index (κ2) is 7.29. The monoisotopic (exact) mass is 396 g/mol. The maximum absolute atomic E-state index is 13.0. The molecular weight excluding hydrogens is 364 g/mol. The van der Waals surface area contributed by atoms with Crippen LogP contribution in [0.15, 0.2) is 11.1 Å². The summed E-state index contributed by atoms with van der Waals surface area (Å²) in [4.78, 5) is 27.8. The van der Waals surface area contributed by atoms with Gasteiger partial charge in [-0.3, -0.25) is 14.7 Å². The number of carbonyl (C=O) groups is 2. The summed E-state index contributed by atoms with van der Waals surface area (Å²) in [6.45, 7) is 3.61. The van der Waals surface area contributed by atoms with Crippen molar-refractivity contribution in [2.24, 2.45) is 5.92 Å². The van der Waals surface area contributed by atoms with Crippen LogP contribution in [0.2, 0.25) is 0 Å². The Morgan fingerprint density at radius 1 is 1.07 bits per heavy atom. The Kier molecular flexibility index (Phi) is 4.75. The molecular formula is C23H32N4O2. The Balaban J connectivity index is 1.20. The lowest BCUT2D eigenvalue weighted by molar-refractivity contribution is -0.128.